The van der Waals surface area contributed by atoms with Crippen LogP contribution in [0.2, 0.25) is 0 Å². The molecule has 0 fully saturated rings. The summed E-state index contributed by atoms with van der Waals surface area (Å²) in [4.78, 5) is 35.8. The minimum Gasteiger partial charge on any atom is -0.462 e. The van der Waals surface area contributed by atoms with Gasteiger partial charge in [-0.15, -0.1) is 0 Å². The zero-order valence-corrected chi connectivity index (χ0v) is 15.8. The number of carbonyl (C=O) groups excluding carboxylic acids is 3. The highest BCUT2D eigenvalue weighted by Crippen LogP contribution is 2.27. The Morgan fingerprint density at radius 2 is 1.76 bits per heavy atom. The SMILES string of the molecule is CCOC(=O)c1ccc(NC(=O)COC(=O)c2oc3c(F)cccc3c2C)cc1. The standard InChI is InChI=1S/C21H18FNO6/c1-3-27-20(25)13-7-9-14(10-8-13)23-17(24)11-28-21(26)18-12(2)15-5-4-6-16(22)19(15)29-18/h4-10H,3,11H2,1-2H3,(H,23,24). The number of amides is 1. The van der Waals surface area contributed by atoms with Crippen LogP contribution in [0, 0.1) is 12.7 Å². The molecule has 29 heavy (non-hydrogen) atoms. The number of anilines is 1. The number of furan rings is 1. The maximum atomic E-state index is 13.8. The minimum atomic E-state index is -0.870. The van der Waals surface area contributed by atoms with Crippen molar-refractivity contribution in [1.29, 1.82) is 0 Å². The van der Waals surface area contributed by atoms with E-state index < -0.39 is 30.3 Å². The van der Waals surface area contributed by atoms with Crippen LogP contribution < -0.4 is 5.32 Å². The topological polar surface area (TPSA) is 94.8 Å². The van der Waals surface area contributed by atoms with Gasteiger partial charge in [-0.1, -0.05) is 12.1 Å². The number of fused-ring (bicyclic) bond motifs is 1. The number of hydrogen-bond acceptors (Lipinski definition) is 6. The zero-order chi connectivity index (χ0) is 21.0. The molecule has 0 bridgehead atoms. The summed E-state index contributed by atoms with van der Waals surface area (Å²) in [5.41, 5.74) is 1.16. The van der Waals surface area contributed by atoms with Crippen LogP contribution in [0.15, 0.2) is 46.9 Å². The maximum absolute atomic E-state index is 13.8. The minimum absolute atomic E-state index is 0.0388. The van der Waals surface area contributed by atoms with Gasteiger partial charge in [0.1, 0.15) is 0 Å². The molecule has 2 aromatic carbocycles. The van der Waals surface area contributed by atoms with E-state index in [4.69, 9.17) is 13.9 Å². The average Bonchev–Trinajstić information content (AvgIpc) is 3.05. The first-order chi connectivity index (χ1) is 13.9. The van der Waals surface area contributed by atoms with Gasteiger partial charge in [-0.2, -0.15) is 0 Å². The van der Waals surface area contributed by atoms with Crippen molar-refractivity contribution in [2.45, 2.75) is 13.8 Å². The fourth-order valence-corrected chi connectivity index (χ4v) is 2.70. The molecule has 1 aromatic heterocycles. The number of hydrogen-bond donors (Lipinski definition) is 1. The van der Waals surface area contributed by atoms with E-state index in [-0.39, 0.29) is 18.0 Å². The lowest BCUT2D eigenvalue weighted by molar-refractivity contribution is -0.119. The molecular weight excluding hydrogens is 381 g/mol. The number of halogens is 1. The summed E-state index contributed by atoms with van der Waals surface area (Å²) < 4.78 is 28.9. The van der Waals surface area contributed by atoms with Gasteiger partial charge in [-0.3, -0.25) is 4.79 Å². The third-order valence-corrected chi connectivity index (χ3v) is 4.12. The lowest BCUT2D eigenvalue weighted by Crippen LogP contribution is -2.21. The van der Waals surface area contributed by atoms with E-state index in [1.165, 1.54) is 36.4 Å². The lowest BCUT2D eigenvalue weighted by atomic mass is 10.1. The summed E-state index contributed by atoms with van der Waals surface area (Å²) in [6.45, 7) is 3.02. The fraction of sp³-hybridized carbons (Fsp3) is 0.190. The Morgan fingerprint density at radius 1 is 1.03 bits per heavy atom. The highest BCUT2D eigenvalue weighted by molar-refractivity contribution is 5.98. The number of nitrogens with one attached hydrogen (secondary N) is 1. The summed E-state index contributed by atoms with van der Waals surface area (Å²) in [7, 11) is 0. The summed E-state index contributed by atoms with van der Waals surface area (Å²) in [6.07, 6.45) is 0. The van der Waals surface area contributed by atoms with E-state index >= 15 is 0 Å². The third-order valence-electron chi connectivity index (χ3n) is 4.12. The van der Waals surface area contributed by atoms with Gasteiger partial charge in [-0.25, -0.2) is 14.0 Å². The van der Waals surface area contributed by atoms with Crippen LogP contribution in [0.1, 0.15) is 33.4 Å². The number of aryl methyl sites for hydroxylation is 1. The van der Waals surface area contributed by atoms with Crippen molar-refractivity contribution < 1.29 is 32.7 Å². The summed E-state index contributed by atoms with van der Waals surface area (Å²) in [5, 5.41) is 3.00. The number of benzene rings is 2. The average molecular weight is 399 g/mol. The van der Waals surface area contributed by atoms with Crippen molar-refractivity contribution >= 4 is 34.5 Å². The van der Waals surface area contributed by atoms with E-state index in [2.05, 4.69) is 5.32 Å². The number of esters is 2. The van der Waals surface area contributed by atoms with E-state index in [9.17, 15) is 18.8 Å². The zero-order valence-electron chi connectivity index (χ0n) is 15.8. The first kappa shape index (κ1) is 20.1. The summed E-state index contributed by atoms with van der Waals surface area (Å²) in [5.74, 6) is -2.66. The van der Waals surface area contributed by atoms with Gasteiger partial charge in [0, 0.05) is 16.6 Å². The van der Waals surface area contributed by atoms with Crippen LogP contribution in [0.25, 0.3) is 11.0 Å². The Bertz CT molecular complexity index is 1070. The second-order valence-corrected chi connectivity index (χ2v) is 6.09. The molecule has 1 heterocycles. The molecule has 0 aliphatic rings. The van der Waals surface area contributed by atoms with Crippen molar-refractivity contribution in [2.75, 3.05) is 18.5 Å². The van der Waals surface area contributed by atoms with Gasteiger partial charge in [0.2, 0.25) is 5.76 Å². The highest BCUT2D eigenvalue weighted by atomic mass is 19.1. The Balaban J connectivity index is 1.59. The van der Waals surface area contributed by atoms with Gasteiger partial charge in [0.25, 0.3) is 5.91 Å². The van der Waals surface area contributed by atoms with Gasteiger partial charge in [-0.05, 0) is 44.2 Å². The van der Waals surface area contributed by atoms with Crippen molar-refractivity contribution in [3.05, 3.63) is 65.2 Å². The van der Waals surface area contributed by atoms with E-state index in [1.54, 1.807) is 19.9 Å². The first-order valence-electron chi connectivity index (χ1n) is 8.82. The predicted molar refractivity (Wildman–Crippen MR) is 102 cm³/mol. The molecule has 8 heteroatoms. The van der Waals surface area contributed by atoms with Crippen LogP contribution in [-0.4, -0.2) is 31.1 Å². The van der Waals surface area contributed by atoms with Crippen molar-refractivity contribution in [3.8, 4) is 0 Å². The quantitative estimate of drug-likeness (QED) is 0.633. The molecule has 0 saturated heterocycles. The van der Waals surface area contributed by atoms with Crippen molar-refractivity contribution in [1.82, 2.24) is 0 Å². The largest absolute Gasteiger partial charge is 0.462 e. The van der Waals surface area contributed by atoms with E-state index in [0.717, 1.165) is 0 Å². The monoisotopic (exact) mass is 399 g/mol. The molecule has 1 amide bonds. The van der Waals surface area contributed by atoms with Gasteiger partial charge in [0.15, 0.2) is 18.0 Å². The lowest BCUT2D eigenvalue weighted by Gasteiger charge is -2.07. The van der Waals surface area contributed by atoms with Gasteiger partial charge in [0.05, 0.1) is 12.2 Å². The molecular formula is C21H18FNO6. The number of carbonyl (C=O) groups is 3. The maximum Gasteiger partial charge on any atom is 0.375 e. The molecule has 0 spiro atoms. The normalized spacial score (nSPS) is 10.6. The number of rotatable bonds is 6. The van der Waals surface area contributed by atoms with Gasteiger partial charge >= 0.3 is 11.9 Å². The number of para-hydroxylation sites is 1. The first-order valence-corrected chi connectivity index (χ1v) is 8.82. The molecule has 0 atom stereocenters. The third kappa shape index (κ3) is 4.43. The summed E-state index contributed by atoms with van der Waals surface area (Å²) >= 11 is 0. The molecule has 7 nitrogen and oxygen atoms in total. The summed E-state index contributed by atoms with van der Waals surface area (Å²) in [6, 6.07) is 10.4. The van der Waals surface area contributed by atoms with Crippen LogP contribution in [0.4, 0.5) is 10.1 Å². The van der Waals surface area contributed by atoms with Crippen LogP contribution in [-0.2, 0) is 14.3 Å². The van der Waals surface area contributed by atoms with Crippen molar-refractivity contribution in [3.63, 3.8) is 0 Å². The second-order valence-electron chi connectivity index (χ2n) is 6.09. The second kappa shape index (κ2) is 8.55. The van der Waals surface area contributed by atoms with E-state index in [1.807, 2.05) is 0 Å². The number of ether oxygens (including phenoxy) is 2. The van der Waals surface area contributed by atoms with Crippen LogP contribution in [0.3, 0.4) is 0 Å². The molecule has 0 saturated carbocycles. The Labute approximate surface area is 165 Å². The molecule has 0 unspecified atom stereocenters. The molecule has 3 aromatic rings. The van der Waals surface area contributed by atoms with Crippen molar-refractivity contribution in [2.24, 2.45) is 0 Å². The smallest absolute Gasteiger partial charge is 0.375 e. The molecule has 0 aliphatic heterocycles. The highest BCUT2D eigenvalue weighted by Gasteiger charge is 2.21. The molecule has 0 radical (unpaired) electrons. The Morgan fingerprint density at radius 3 is 2.41 bits per heavy atom. The molecule has 1 N–H and O–H groups in total. The Kier molecular flexibility index (Phi) is 5.92. The molecule has 0 aliphatic carbocycles. The fourth-order valence-electron chi connectivity index (χ4n) is 2.70. The molecule has 150 valence electrons. The van der Waals surface area contributed by atoms with Crippen LogP contribution in [0.5, 0.6) is 0 Å². The van der Waals surface area contributed by atoms with Crippen LogP contribution >= 0.6 is 0 Å². The predicted octanol–water partition coefficient (Wildman–Crippen LogP) is 3.85. The van der Waals surface area contributed by atoms with E-state index in [0.29, 0.717) is 22.2 Å². The van der Waals surface area contributed by atoms with Gasteiger partial charge < -0.3 is 19.2 Å². The Hall–Kier alpha value is -3.68. The molecule has 3 rings (SSSR count).